The Bertz CT molecular complexity index is 1350. The van der Waals surface area contributed by atoms with Crippen LogP contribution in [0.15, 0.2) is 78.9 Å². The first-order valence-corrected chi connectivity index (χ1v) is 11.5. The van der Waals surface area contributed by atoms with Gasteiger partial charge in [0, 0.05) is 22.8 Å². The number of amides is 1. The highest BCUT2D eigenvalue weighted by molar-refractivity contribution is 7.15. The summed E-state index contributed by atoms with van der Waals surface area (Å²) in [4.78, 5) is 25.5. The van der Waals surface area contributed by atoms with E-state index in [-0.39, 0.29) is 23.1 Å². The number of carbonyl (C=O) groups is 2. The minimum Gasteiger partial charge on any atom is -0.489 e. The van der Waals surface area contributed by atoms with E-state index >= 15 is 0 Å². The molecule has 1 amide bonds. The first kappa shape index (κ1) is 21.9. The quantitative estimate of drug-likeness (QED) is 0.344. The topological polar surface area (TPSA) is 75.6 Å². The molecule has 34 heavy (non-hydrogen) atoms. The molecule has 5 rings (SSSR count). The van der Waals surface area contributed by atoms with E-state index in [0.717, 1.165) is 27.3 Å². The lowest BCUT2D eigenvalue weighted by atomic mass is 9.88. The molecule has 0 saturated heterocycles. The summed E-state index contributed by atoms with van der Waals surface area (Å²) >= 11 is 1.15. The van der Waals surface area contributed by atoms with Gasteiger partial charge in [0.05, 0.1) is 5.69 Å². The second-order valence-electron chi connectivity index (χ2n) is 8.01. The molecule has 0 radical (unpaired) electrons. The van der Waals surface area contributed by atoms with Gasteiger partial charge in [-0.25, -0.2) is 9.18 Å². The van der Waals surface area contributed by atoms with Crippen LogP contribution < -0.4 is 10.1 Å². The molecule has 2 heterocycles. The first-order chi connectivity index (χ1) is 16.5. The zero-order valence-corrected chi connectivity index (χ0v) is 18.8. The van der Waals surface area contributed by atoms with E-state index in [1.54, 1.807) is 0 Å². The zero-order valence-electron chi connectivity index (χ0n) is 18.0. The molecule has 3 aromatic carbocycles. The second kappa shape index (κ2) is 9.11. The highest BCUT2D eigenvalue weighted by atomic mass is 32.1. The fraction of sp³-hybridized carbons (Fsp3) is 0.111. The van der Waals surface area contributed by atoms with Gasteiger partial charge in [0.1, 0.15) is 23.1 Å². The smallest absolute Gasteiger partial charge is 0.346 e. The number of rotatable bonds is 6. The van der Waals surface area contributed by atoms with Crippen molar-refractivity contribution in [2.24, 2.45) is 0 Å². The highest BCUT2D eigenvalue weighted by Gasteiger charge is 2.34. The van der Waals surface area contributed by atoms with Crippen molar-refractivity contribution >= 4 is 28.9 Å². The molecule has 0 unspecified atom stereocenters. The van der Waals surface area contributed by atoms with Crippen molar-refractivity contribution in [2.75, 3.05) is 5.32 Å². The lowest BCUT2D eigenvalue weighted by molar-refractivity contribution is -0.116. The summed E-state index contributed by atoms with van der Waals surface area (Å²) in [6, 6.07) is 23.0. The number of ether oxygens (including phenoxy) is 1. The largest absolute Gasteiger partial charge is 0.489 e. The molecule has 0 fully saturated rings. The molecular weight excluding hydrogens is 453 g/mol. The number of carboxylic acids is 1. The third kappa shape index (κ3) is 4.30. The van der Waals surface area contributed by atoms with Crippen LogP contribution in [0.3, 0.4) is 0 Å². The van der Waals surface area contributed by atoms with Gasteiger partial charge in [-0.2, -0.15) is 0 Å². The monoisotopic (exact) mass is 473 g/mol. The van der Waals surface area contributed by atoms with E-state index < -0.39 is 11.8 Å². The van der Waals surface area contributed by atoms with Gasteiger partial charge < -0.3 is 15.2 Å². The van der Waals surface area contributed by atoms with Crippen LogP contribution in [-0.4, -0.2) is 17.0 Å². The maximum Gasteiger partial charge on any atom is 0.346 e. The highest BCUT2D eigenvalue weighted by Crippen LogP contribution is 2.49. The van der Waals surface area contributed by atoms with E-state index in [2.05, 4.69) is 5.32 Å². The Hall–Kier alpha value is -3.97. The molecule has 2 N–H and O–H groups in total. The normalized spacial score (nSPS) is 14.9. The molecule has 4 aromatic rings. The number of hydrogen-bond donors (Lipinski definition) is 2. The number of carboxylic acid groups (broad SMARTS) is 1. The average Bonchev–Trinajstić information content (AvgIpc) is 3.23. The Balaban J connectivity index is 1.48. The van der Waals surface area contributed by atoms with Crippen molar-refractivity contribution < 1.29 is 23.8 Å². The Morgan fingerprint density at radius 1 is 1.03 bits per heavy atom. The van der Waals surface area contributed by atoms with Crippen LogP contribution in [0, 0.1) is 5.82 Å². The lowest BCUT2D eigenvalue weighted by Gasteiger charge is -2.24. The number of fused-ring (bicyclic) bond motifs is 1. The van der Waals surface area contributed by atoms with Gasteiger partial charge >= 0.3 is 5.97 Å². The summed E-state index contributed by atoms with van der Waals surface area (Å²) in [6.07, 6.45) is 0.208. The molecule has 0 bridgehead atoms. The van der Waals surface area contributed by atoms with Crippen LogP contribution in [0.4, 0.5) is 10.1 Å². The summed E-state index contributed by atoms with van der Waals surface area (Å²) in [7, 11) is 0. The van der Waals surface area contributed by atoms with Crippen molar-refractivity contribution in [3.8, 4) is 16.9 Å². The predicted molar refractivity (Wildman–Crippen MR) is 129 cm³/mol. The first-order valence-electron chi connectivity index (χ1n) is 10.7. The second-order valence-corrected chi connectivity index (χ2v) is 9.06. The van der Waals surface area contributed by atoms with Gasteiger partial charge in [-0.05, 0) is 41.0 Å². The summed E-state index contributed by atoms with van der Waals surface area (Å²) in [5.74, 6) is -1.28. The fourth-order valence-corrected chi connectivity index (χ4v) is 5.38. The van der Waals surface area contributed by atoms with Crippen LogP contribution in [0.25, 0.3) is 11.1 Å². The maximum atomic E-state index is 13.5. The zero-order chi connectivity index (χ0) is 23.7. The van der Waals surface area contributed by atoms with Crippen molar-refractivity contribution in [1.82, 2.24) is 0 Å². The summed E-state index contributed by atoms with van der Waals surface area (Å²) in [5.41, 5.74) is 3.40. The third-order valence-corrected chi connectivity index (χ3v) is 7.06. The predicted octanol–water partition coefficient (Wildman–Crippen LogP) is 6.31. The van der Waals surface area contributed by atoms with Crippen LogP contribution in [0.2, 0.25) is 0 Å². The van der Waals surface area contributed by atoms with Crippen molar-refractivity contribution in [3.63, 3.8) is 0 Å². The molecular formula is C27H20FNO4S. The minimum absolute atomic E-state index is 0.117. The van der Waals surface area contributed by atoms with Gasteiger partial charge in [0.15, 0.2) is 0 Å². The molecule has 1 aliphatic heterocycles. The standard InChI is InChI=1S/C27H20FNO4S/c28-19-10-6-18(7-11-19)23-24-25(34-26(23)27(31)32)21(14-22(30)29-24)17-8-12-20(13-9-17)33-15-16-4-2-1-3-5-16/h1-13,21H,14-15H2,(H,29,30)(H,31,32)/t21-/m0/s1. The molecule has 5 nitrogen and oxygen atoms in total. The van der Waals surface area contributed by atoms with E-state index in [9.17, 15) is 19.1 Å². The Labute approximate surface area is 199 Å². The van der Waals surface area contributed by atoms with E-state index in [0.29, 0.717) is 29.2 Å². The van der Waals surface area contributed by atoms with Gasteiger partial charge in [-0.3, -0.25) is 4.79 Å². The molecule has 1 atom stereocenters. The molecule has 170 valence electrons. The number of thiophene rings is 1. The summed E-state index contributed by atoms with van der Waals surface area (Å²) < 4.78 is 19.3. The number of anilines is 1. The van der Waals surface area contributed by atoms with E-state index in [1.807, 2.05) is 54.6 Å². The summed E-state index contributed by atoms with van der Waals surface area (Å²) in [5, 5.41) is 12.7. The van der Waals surface area contributed by atoms with Crippen LogP contribution in [-0.2, 0) is 11.4 Å². The molecule has 0 spiro atoms. The van der Waals surface area contributed by atoms with Crippen molar-refractivity contribution in [2.45, 2.75) is 18.9 Å². The number of nitrogens with one attached hydrogen (secondary N) is 1. The van der Waals surface area contributed by atoms with E-state index in [1.165, 1.54) is 24.3 Å². The number of hydrogen-bond acceptors (Lipinski definition) is 4. The molecule has 1 aliphatic rings. The van der Waals surface area contributed by atoms with Gasteiger partial charge in [-0.1, -0.05) is 54.6 Å². The van der Waals surface area contributed by atoms with Crippen LogP contribution in [0.1, 0.15) is 38.0 Å². The minimum atomic E-state index is -1.09. The molecule has 7 heteroatoms. The van der Waals surface area contributed by atoms with Crippen molar-refractivity contribution in [3.05, 3.63) is 106 Å². The Kier molecular flexibility index (Phi) is 5.86. The fourth-order valence-electron chi connectivity index (χ4n) is 4.14. The van der Waals surface area contributed by atoms with Crippen LogP contribution in [0.5, 0.6) is 5.75 Å². The third-order valence-electron chi connectivity index (χ3n) is 5.76. The number of benzene rings is 3. The summed E-state index contributed by atoms with van der Waals surface area (Å²) in [6.45, 7) is 0.449. The maximum absolute atomic E-state index is 13.5. The number of carbonyl (C=O) groups excluding carboxylic acids is 1. The Morgan fingerprint density at radius 3 is 2.41 bits per heavy atom. The Morgan fingerprint density at radius 2 is 1.74 bits per heavy atom. The number of aromatic carboxylic acids is 1. The van der Waals surface area contributed by atoms with Gasteiger partial charge in [0.25, 0.3) is 0 Å². The molecule has 0 saturated carbocycles. The average molecular weight is 474 g/mol. The number of halogens is 1. The van der Waals surface area contributed by atoms with Gasteiger partial charge in [0.2, 0.25) is 5.91 Å². The molecule has 0 aliphatic carbocycles. The lowest BCUT2D eigenvalue weighted by Crippen LogP contribution is -2.22. The van der Waals surface area contributed by atoms with Crippen LogP contribution >= 0.6 is 11.3 Å². The molecule has 1 aromatic heterocycles. The van der Waals surface area contributed by atoms with Gasteiger partial charge in [-0.15, -0.1) is 11.3 Å². The van der Waals surface area contributed by atoms with Crippen molar-refractivity contribution in [1.29, 1.82) is 0 Å². The van der Waals surface area contributed by atoms with E-state index in [4.69, 9.17) is 4.74 Å². The SMILES string of the molecule is O=C1C[C@@H](c2ccc(OCc3ccccc3)cc2)c2sc(C(=O)O)c(-c3ccc(F)cc3)c2N1.